The average Bonchev–Trinajstić information content (AvgIpc) is 3.10. The molecular weight excluding hydrogens is 464 g/mol. The Kier molecular flexibility index (Phi) is 10.1. The highest BCUT2D eigenvalue weighted by Gasteiger charge is 2.24. The van der Waals surface area contributed by atoms with Crippen LogP contribution in [0.25, 0.3) is 0 Å². The maximum Gasteiger partial charge on any atom is 0.230 e. The van der Waals surface area contributed by atoms with Gasteiger partial charge in [0.2, 0.25) is 5.91 Å². The Labute approximate surface area is 221 Å². The zero-order valence-electron chi connectivity index (χ0n) is 22.0. The van der Waals surface area contributed by atoms with E-state index in [0.29, 0.717) is 11.8 Å². The molecule has 194 valence electrons. The van der Waals surface area contributed by atoms with Gasteiger partial charge in [-0.25, -0.2) is 0 Å². The van der Waals surface area contributed by atoms with Crippen LogP contribution >= 0.6 is 11.8 Å². The van der Waals surface area contributed by atoms with Crippen LogP contribution in [0, 0.1) is 11.8 Å². The summed E-state index contributed by atoms with van der Waals surface area (Å²) in [4.78, 5) is 27.4. The van der Waals surface area contributed by atoms with E-state index in [9.17, 15) is 9.59 Å². The Morgan fingerprint density at radius 3 is 2.42 bits per heavy atom. The minimum Gasteiger partial charge on any atom is -0.353 e. The van der Waals surface area contributed by atoms with Gasteiger partial charge in [-0.1, -0.05) is 56.3 Å². The summed E-state index contributed by atoms with van der Waals surface area (Å²) in [5, 5.41) is 3.27. The van der Waals surface area contributed by atoms with E-state index in [1.54, 1.807) is 11.8 Å². The number of carbonyl (C=O) groups is 2. The Bertz CT molecular complexity index is 999. The van der Waals surface area contributed by atoms with Gasteiger partial charge in [-0.2, -0.15) is 0 Å². The second kappa shape index (κ2) is 13.4. The van der Waals surface area contributed by atoms with Gasteiger partial charge in [0, 0.05) is 36.4 Å². The van der Waals surface area contributed by atoms with Gasteiger partial charge in [0.25, 0.3) is 0 Å². The molecule has 0 aromatic heterocycles. The number of rotatable bonds is 10. The number of benzene rings is 2. The Hall–Kier alpha value is -2.11. The van der Waals surface area contributed by atoms with Gasteiger partial charge in [-0.15, -0.1) is 11.8 Å². The third kappa shape index (κ3) is 7.94. The fourth-order valence-corrected chi connectivity index (χ4v) is 6.35. The number of thioether (sulfide) groups is 1. The molecule has 5 heteroatoms. The Morgan fingerprint density at radius 2 is 1.69 bits per heavy atom. The van der Waals surface area contributed by atoms with E-state index >= 15 is 0 Å². The standard InChI is InChI=1S/C31H42N2O2S/c1-23(2)31(35)28-11-10-26-15-18-33(19-16-27(26)20-28)17-14-24-8-12-29(13-9-24)32-30(34)22-36-21-25-6-4-3-5-7-25/h3-7,10-11,20,23-24,29H,8-9,12-19,21-22H2,1-2H3,(H,32,34). The zero-order chi connectivity index (χ0) is 25.3. The predicted octanol–water partition coefficient (Wildman–Crippen LogP) is 5.92. The number of hydrogen-bond donors (Lipinski definition) is 1. The molecule has 2 aromatic rings. The van der Waals surface area contributed by atoms with Crippen molar-refractivity contribution in [1.82, 2.24) is 10.2 Å². The molecule has 0 spiro atoms. The fourth-order valence-electron chi connectivity index (χ4n) is 5.55. The van der Waals surface area contributed by atoms with Gasteiger partial charge in [-0.05, 0) is 80.2 Å². The minimum absolute atomic E-state index is 0.0484. The normalized spacial score (nSPS) is 20.5. The summed E-state index contributed by atoms with van der Waals surface area (Å²) in [5.41, 5.74) is 4.92. The molecule has 36 heavy (non-hydrogen) atoms. The molecule has 1 aliphatic carbocycles. The lowest BCUT2D eigenvalue weighted by molar-refractivity contribution is -0.119. The van der Waals surface area contributed by atoms with Gasteiger partial charge in [0.15, 0.2) is 5.78 Å². The topological polar surface area (TPSA) is 49.4 Å². The first-order valence-corrected chi connectivity index (χ1v) is 14.9. The van der Waals surface area contributed by atoms with E-state index in [2.05, 4.69) is 34.5 Å². The summed E-state index contributed by atoms with van der Waals surface area (Å²) >= 11 is 1.69. The first-order valence-electron chi connectivity index (χ1n) is 13.8. The molecular formula is C31H42N2O2S. The van der Waals surface area contributed by atoms with Crippen LogP contribution in [-0.4, -0.2) is 48.0 Å². The molecule has 1 fully saturated rings. The van der Waals surface area contributed by atoms with Crippen LogP contribution in [0.1, 0.15) is 73.0 Å². The largest absolute Gasteiger partial charge is 0.353 e. The highest BCUT2D eigenvalue weighted by Crippen LogP contribution is 2.28. The molecule has 4 rings (SSSR count). The third-order valence-corrected chi connectivity index (χ3v) is 8.82. The number of hydrogen-bond acceptors (Lipinski definition) is 4. The summed E-state index contributed by atoms with van der Waals surface area (Å²) in [5.74, 6) is 2.68. The molecule has 0 radical (unpaired) electrons. The Balaban J connectivity index is 1.13. The molecule has 1 aliphatic heterocycles. The molecule has 2 aliphatic rings. The van der Waals surface area contributed by atoms with E-state index in [-0.39, 0.29) is 17.6 Å². The summed E-state index contributed by atoms with van der Waals surface area (Å²) in [6.45, 7) is 7.30. The summed E-state index contributed by atoms with van der Waals surface area (Å²) in [6.07, 6.45) is 8.02. The molecule has 0 atom stereocenters. The number of fused-ring (bicyclic) bond motifs is 1. The summed E-state index contributed by atoms with van der Waals surface area (Å²) in [7, 11) is 0. The second-order valence-corrected chi connectivity index (χ2v) is 11.9. The lowest BCUT2D eigenvalue weighted by Gasteiger charge is -2.30. The van der Waals surface area contributed by atoms with Crippen LogP contribution in [0.4, 0.5) is 0 Å². The number of nitrogens with one attached hydrogen (secondary N) is 1. The second-order valence-electron chi connectivity index (χ2n) is 10.9. The number of nitrogens with zero attached hydrogens (tertiary/aromatic N) is 1. The number of Topliss-reactive ketones (excluding diaryl/α,β-unsaturated/α-hetero) is 1. The lowest BCUT2D eigenvalue weighted by Crippen LogP contribution is -2.39. The molecule has 0 saturated heterocycles. The van der Waals surface area contributed by atoms with Crippen molar-refractivity contribution in [1.29, 1.82) is 0 Å². The first-order chi connectivity index (χ1) is 17.5. The zero-order valence-corrected chi connectivity index (χ0v) is 22.8. The minimum atomic E-state index is 0.0484. The monoisotopic (exact) mass is 506 g/mol. The van der Waals surface area contributed by atoms with Crippen molar-refractivity contribution in [2.45, 2.75) is 70.6 Å². The number of carbonyl (C=O) groups excluding carboxylic acids is 2. The fraction of sp³-hybridized carbons (Fsp3) is 0.548. The smallest absolute Gasteiger partial charge is 0.230 e. The maximum absolute atomic E-state index is 12.4. The number of amides is 1. The van der Waals surface area contributed by atoms with Crippen molar-refractivity contribution < 1.29 is 9.59 Å². The average molecular weight is 507 g/mol. The van der Waals surface area contributed by atoms with Crippen molar-refractivity contribution in [3.05, 3.63) is 70.8 Å². The van der Waals surface area contributed by atoms with E-state index in [1.165, 1.54) is 36.0 Å². The molecule has 0 unspecified atom stereocenters. The number of ketones is 1. The van der Waals surface area contributed by atoms with Crippen LogP contribution in [-0.2, 0) is 23.4 Å². The highest BCUT2D eigenvalue weighted by molar-refractivity contribution is 7.99. The van der Waals surface area contributed by atoms with Crippen molar-refractivity contribution in [3.63, 3.8) is 0 Å². The van der Waals surface area contributed by atoms with Crippen LogP contribution in [0.15, 0.2) is 48.5 Å². The van der Waals surface area contributed by atoms with E-state index < -0.39 is 0 Å². The van der Waals surface area contributed by atoms with Crippen LogP contribution in [0.5, 0.6) is 0 Å². The quantitative estimate of drug-likeness (QED) is 0.406. The van der Waals surface area contributed by atoms with Gasteiger partial charge >= 0.3 is 0 Å². The van der Waals surface area contributed by atoms with Gasteiger partial charge in [0.1, 0.15) is 0 Å². The van der Waals surface area contributed by atoms with Crippen molar-refractivity contribution in [2.24, 2.45) is 11.8 Å². The third-order valence-electron chi connectivity index (χ3n) is 7.82. The molecule has 1 saturated carbocycles. The summed E-state index contributed by atoms with van der Waals surface area (Å²) < 4.78 is 0. The van der Waals surface area contributed by atoms with Crippen molar-refractivity contribution in [3.8, 4) is 0 Å². The van der Waals surface area contributed by atoms with E-state index in [0.717, 1.165) is 62.6 Å². The molecule has 1 heterocycles. The van der Waals surface area contributed by atoms with Crippen LogP contribution < -0.4 is 5.32 Å². The predicted molar refractivity (Wildman–Crippen MR) is 151 cm³/mol. The van der Waals surface area contributed by atoms with Crippen molar-refractivity contribution >= 4 is 23.5 Å². The molecule has 2 aromatic carbocycles. The maximum atomic E-state index is 12.4. The van der Waals surface area contributed by atoms with Crippen LogP contribution in [0.2, 0.25) is 0 Å². The van der Waals surface area contributed by atoms with E-state index in [4.69, 9.17) is 0 Å². The van der Waals surface area contributed by atoms with Gasteiger partial charge in [-0.3, -0.25) is 9.59 Å². The molecule has 4 nitrogen and oxygen atoms in total. The van der Waals surface area contributed by atoms with Gasteiger partial charge in [0.05, 0.1) is 5.75 Å². The summed E-state index contributed by atoms with van der Waals surface area (Å²) in [6, 6.07) is 17.1. The van der Waals surface area contributed by atoms with Crippen LogP contribution in [0.3, 0.4) is 0 Å². The molecule has 1 amide bonds. The van der Waals surface area contributed by atoms with E-state index in [1.807, 2.05) is 38.1 Å². The van der Waals surface area contributed by atoms with Gasteiger partial charge < -0.3 is 10.2 Å². The molecule has 1 N–H and O–H groups in total. The molecule has 0 bridgehead atoms. The highest BCUT2D eigenvalue weighted by atomic mass is 32.2. The Morgan fingerprint density at radius 1 is 0.972 bits per heavy atom. The van der Waals surface area contributed by atoms with Crippen molar-refractivity contribution in [2.75, 3.05) is 25.4 Å². The lowest BCUT2D eigenvalue weighted by atomic mass is 9.84. The first kappa shape index (κ1) is 26.9. The SMILES string of the molecule is CC(C)C(=O)c1ccc2c(c1)CCN(CCC1CCC(NC(=O)CSCc3ccccc3)CC1)CC2.